The number of nitrogens with zero attached hydrogens (tertiary/aromatic N) is 2. The van der Waals surface area contributed by atoms with E-state index in [1.165, 1.54) is 26.5 Å². The Morgan fingerprint density at radius 2 is 1.45 bits per heavy atom. The molecule has 2 aliphatic rings. The fourth-order valence-electron chi connectivity index (χ4n) is 5.71. The van der Waals surface area contributed by atoms with Gasteiger partial charge in [0.1, 0.15) is 11.4 Å². The van der Waals surface area contributed by atoms with Gasteiger partial charge < -0.3 is 14.7 Å². The van der Waals surface area contributed by atoms with Gasteiger partial charge in [0.15, 0.2) is 0 Å². The van der Waals surface area contributed by atoms with Crippen molar-refractivity contribution in [1.82, 2.24) is 9.88 Å². The van der Waals surface area contributed by atoms with Crippen molar-refractivity contribution in [2.75, 3.05) is 7.11 Å². The molecule has 1 aliphatic carbocycles. The maximum atomic E-state index is 13.5. The molecule has 0 unspecified atom stereocenters. The summed E-state index contributed by atoms with van der Waals surface area (Å²) in [6.45, 7) is 0.901. The van der Waals surface area contributed by atoms with Crippen LogP contribution in [0.2, 0.25) is 0 Å². The summed E-state index contributed by atoms with van der Waals surface area (Å²) in [6, 6.07) is 8.40. The first kappa shape index (κ1) is 41.0. The topological polar surface area (TPSA) is 79.7 Å². The third-order valence-corrected chi connectivity index (χ3v) is 9.62. The van der Waals surface area contributed by atoms with Gasteiger partial charge in [-0.2, -0.15) is 39.5 Å². The summed E-state index contributed by atoms with van der Waals surface area (Å²) in [4.78, 5) is 28.1. The van der Waals surface area contributed by atoms with Crippen molar-refractivity contribution in [1.29, 1.82) is 0 Å². The van der Waals surface area contributed by atoms with E-state index < -0.39 is 70.0 Å². The summed E-state index contributed by atoms with van der Waals surface area (Å²) in [5.41, 5.74) is -4.30. The molecule has 1 saturated heterocycles. The molecule has 1 amide bonds. The first-order valence-electron chi connectivity index (χ1n) is 15.3. The van der Waals surface area contributed by atoms with Crippen LogP contribution in [0.25, 0.3) is 11.1 Å². The van der Waals surface area contributed by atoms with E-state index in [9.17, 15) is 49.1 Å². The first-order valence-corrected chi connectivity index (χ1v) is 16.2. The van der Waals surface area contributed by atoms with E-state index in [2.05, 4.69) is 17.8 Å². The fourth-order valence-corrected chi connectivity index (χ4v) is 6.91. The van der Waals surface area contributed by atoms with Crippen molar-refractivity contribution >= 4 is 23.0 Å². The molecule has 5 rings (SSSR count). The molecule has 2 atom stereocenters. The van der Waals surface area contributed by atoms with Crippen LogP contribution in [0.5, 0.6) is 5.75 Å². The number of ether oxygens (including phenoxy) is 1. The number of para-hydroxylation sites is 1. The van der Waals surface area contributed by atoms with Crippen LogP contribution in [0, 0.1) is 18.8 Å². The monoisotopic (exact) mass is 748 g/mol. The van der Waals surface area contributed by atoms with E-state index in [-0.39, 0.29) is 23.2 Å². The zero-order chi connectivity index (χ0) is 38.3. The van der Waals surface area contributed by atoms with Crippen LogP contribution in [0.4, 0.5) is 44.3 Å². The molecule has 51 heavy (non-hydrogen) atoms. The average molecular weight is 749 g/mol. The summed E-state index contributed by atoms with van der Waals surface area (Å²) in [6.07, 6.45) is -1.75. The molecule has 2 heterocycles. The predicted molar refractivity (Wildman–Crippen MR) is 173 cm³/mol. The molecule has 2 fully saturated rings. The lowest BCUT2D eigenvalue weighted by molar-refractivity contribution is -0.144. The summed E-state index contributed by atoms with van der Waals surface area (Å²) in [5, 5.41) is 6.63. The minimum atomic E-state index is -5.09. The predicted octanol–water partition coefficient (Wildman–Crippen LogP) is 10.5. The number of aromatic nitrogens is 1. The molecule has 0 bridgehead atoms. The van der Waals surface area contributed by atoms with Crippen LogP contribution < -0.4 is 4.74 Å². The van der Waals surface area contributed by atoms with E-state index in [0.717, 1.165) is 36.6 Å². The van der Waals surface area contributed by atoms with Gasteiger partial charge in [0.25, 0.3) is 5.24 Å². The number of benzene rings is 2. The summed E-state index contributed by atoms with van der Waals surface area (Å²) < 4.78 is 126. The average Bonchev–Trinajstić information content (AvgIpc) is 3.37. The molecule has 0 spiro atoms. The van der Waals surface area contributed by atoms with Gasteiger partial charge in [-0.05, 0) is 55.7 Å². The lowest BCUT2D eigenvalue weighted by atomic mass is 9.90. The fraction of sp³-hybridized carbons (Fsp3) is 0.400. The van der Waals surface area contributed by atoms with E-state index in [4.69, 9.17) is 9.84 Å². The number of carboxylic acid groups (broad SMARTS) is 1. The van der Waals surface area contributed by atoms with Crippen molar-refractivity contribution in [3.05, 3.63) is 82.7 Å². The largest absolute Gasteiger partial charge is 0.496 e. The van der Waals surface area contributed by atoms with Gasteiger partial charge in [0.05, 0.1) is 41.6 Å². The Kier molecular flexibility index (Phi) is 13.5. The molecule has 276 valence electrons. The Balaban J connectivity index is 0.000000549. The second-order valence-electron chi connectivity index (χ2n) is 11.6. The minimum Gasteiger partial charge on any atom is -0.496 e. The molecule has 1 saturated carbocycles. The van der Waals surface area contributed by atoms with Gasteiger partial charge in [0.2, 0.25) is 0 Å². The molecular weight excluding hydrogens is 715 g/mol. The molecule has 1 N–H and O–H groups in total. The third-order valence-electron chi connectivity index (χ3n) is 8.27. The Bertz CT molecular complexity index is 1670. The Hall–Kier alpha value is -4.39. The lowest BCUT2D eigenvalue weighted by Crippen LogP contribution is -2.32. The highest BCUT2D eigenvalue weighted by atomic mass is 32.2. The van der Waals surface area contributed by atoms with Gasteiger partial charge in [0, 0.05) is 17.2 Å². The minimum absolute atomic E-state index is 0.0144. The SMILES string of the molecule is C#C.COc1ccccc1-c1ccc(C(F)(F)F)nc1CN1C(=O)S[C@H](c2cc(C(F)(F)F)cc(C(F)(F)F)c2)[C@@H]1C.O=C(O)C1CCCCC1. The number of hydrogen-bond acceptors (Lipinski definition) is 5. The smallest absolute Gasteiger partial charge is 0.433 e. The highest BCUT2D eigenvalue weighted by Crippen LogP contribution is 2.47. The maximum Gasteiger partial charge on any atom is 0.433 e. The number of terminal acetylenes is 1. The van der Waals surface area contributed by atoms with Gasteiger partial charge in [-0.25, -0.2) is 4.98 Å². The van der Waals surface area contributed by atoms with Crippen LogP contribution in [0.15, 0.2) is 54.6 Å². The summed E-state index contributed by atoms with van der Waals surface area (Å²) in [5.74, 6) is -0.324. The number of thioether (sulfide) groups is 1. The third kappa shape index (κ3) is 10.3. The van der Waals surface area contributed by atoms with Crippen LogP contribution in [0.3, 0.4) is 0 Å². The second kappa shape index (κ2) is 16.8. The Morgan fingerprint density at radius 3 is 1.94 bits per heavy atom. The number of pyridine rings is 1. The van der Waals surface area contributed by atoms with Crippen LogP contribution in [-0.4, -0.2) is 39.4 Å². The first-order chi connectivity index (χ1) is 23.8. The van der Waals surface area contributed by atoms with Crippen molar-refractivity contribution < 1.29 is 58.9 Å². The maximum absolute atomic E-state index is 13.5. The molecule has 16 heteroatoms. The molecule has 1 aromatic heterocycles. The molecule has 3 aromatic rings. The zero-order valence-electron chi connectivity index (χ0n) is 27.2. The number of rotatable bonds is 6. The zero-order valence-corrected chi connectivity index (χ0v) is 28.0. The highest BCUT2D eigenvalue weighted by Gasteiger charge is 2.43. The number of carbonyl (C=O) groups is 2. The second-order valence-corrected chi connectivity index (χ2v) is 12.7. The number of carboxylic acids is 1. The Morgan fingerprint density at radius 1 is 0.882 bits per heavy atom. The van der Waals surface area contributed by atoms with Crippen molar-refractivity contribution in [2.24, 2.45) is 5.92 Å². The van der Waals surface area contributed by atoms with Gasteiger partial charge in [-0.15, -0.1) is 12.8 Å². The number of carbonyl (C=O) groups excluding carboxylic acids is 1. The van der Waals surface area contributed by atoms with E-state index in [1.807, 2.05) is 0 Å². The van der Waals surface area contributed by atoms with Crippen molar-refractivity contribution in [3.8, 4) is 29.7 Å². The molecular formula is C35H33F9N2O4S. The molecule has 6 nitrogen and oxygen atoms in total. The molecule has 2 aromatic carbocycles. The van der Waals surface area contributed by atoms with Crippen LogP contribution in [-0.2, 0) is 29.9 Å². The van der Waals surface area contributed by atoms with Gasteiger partial charge in [-0.3, -0.25) is 9.59 Å². The number of halogens is 9. The van der Waals surface area contributed by atoms with Gasteiger partial charge >= 0.3 is 24.5 Å². The molecule has 1 aliphatic heterocycles. The standard InChI is InChI=1S/C26H19F9N2O2S.C7H12O2.C2H2/c1-13-22(14-9-15(24(27,28)29)11-16(10-14)25(30,31)32)40-23(38)37(13)12-19-17(7-8-21(36-19)26(33,34)35)18-5-3-4-6-20(18)39-2;8-7(9)6-4-2-1-3-5-6;1-2/h3-11,13,22H,12H2,1-2H3;6H,1-5H2,(H,8,9);1-2H/t13-,22-;;/m0../s1. The summed E-state index contributed by atoms with van der Waals surface area (Å²) in [7, 11) is 1.35. The van der Waals surface area contributed by atoms with Crippen LogP contribution >= 0.6 is 11.8 Å². The van der Waals surface area contributed by atoms with E-state index in [0.29, 0.717) is 35.2 Å². The number of hydrogen-bond donors (Lipinski definition) is 1. The number of aliphatic carboxylic acids is 1. The van der Waals surface area contributed by atoms with Crippen LogP contribution in [0.1, 0.15) is 72.4 Å². The molecule has 0 radical (unpaired) electrons. The highest BCUT2D eigenvalue weighted by molar-refractivity contribution is 8.14. The number of methoxy groups -OCH3 is 1. The summed E-state index contributed by atoms with van der Waals surface area (Å²) >= 11 is 0.489. The Labute approximate surface area is 292 Å². The van der Waals surface area contributed by atoms with Crippen molar-refractivity contribution in [2.45, 2.75) is 75.4 Å². The van der Waals surface area contributed by atoms with Gasteiger partial charge in [-0.1, -0.05) is 55.3 Å². The number of alkyl halides is 9. The van der Waals surface area contributed by atoms with Crippen molar-refractivity contribution in [3.63, 3.8) is 0 Å². The number of amides is 1. The van der Waals surface area contributed by atoms with E-state index in [1.54, 1.807) is 24.3 Å². The lowest BCUT2D eigenvalue weighted by Gasteiger charge is -2.26. The normalized spacial score (nSPS) is 18.3. The quantitative estimate of drug-likeness (QED) is 0.200. The van der Waals surface area contributed by atoms with E-state index >= 15 is 0 Å².